The van der Waals surface area contributed by atoms with Crippen molar-refractivity contribution in [3.63, 3.8) is 0 Å². The molecule has 1 unspecified atom stereocenters. The van der Waals surface area contributed by atoms with Gasteiger partial charge in [0.15, 0.2) is 0 Å². The number of furan rings is 1. The van der Waals surface area contributed by atoms with Crippen molar-refractivity contribution < 1.29 is 9.21 Å². The molecule has 1 saturated heterocycles. The normalized spacial score (nSPS) is 19.9. The van der Waals surface area contributed by atoms with E-state index < -0.39 is 0 Å². The van der Waals surface area contributed by atoms with Crippen molar-refractivity contribution in [1.82, 2.24) is 10.6 Å². The molecule has 0 aliphatic carbocycles. The highest BCUT2D eigenvalue weighted by Gasteiger charge is 2.28. The molecular weight excluding hydrogens is 302 g/mol. The Labute approximate surface area is 142 Å². The molecular formula is C19H23N3O2. The lowest BCUT2D eigenvalue weighted by atomic mass is 10.0. The SMILES string of the molecule is CC1Cc2ccccc2N1Cc1occc1C(=O)NCC1CNC1. The van der Waals surface area contributed by atoms with Gasteiger partial charge in [0, 0.05) is 37.3 Å². The molecule has 126 valence electrons. The summed E-state index contributed by atoms with van der Waals surface area (Å²) in [5, 5.41) is 6.24. The second-order valence-electron chi connectivity index (χ2n) is 6.80. The van der Waals surface area contributed by atoms with Crippen molar-refractivity contribution >= 4 is 11.6 Å². The summed E-state index contributed by atoms with van der Waals surface area (Å²) in [6, 6.07) is 10.6. The van der Waals surface area contributed by atoms with Gasteiger partial charge < -0.3 is 20.0 Å². The second kappa shape index (κ2) is 6.32. The maximum atomic E-state index is 12.5. The van der Waals surface area contributed by atoms with Crippen molar-refractivity contribution in [3.05, 3.63) is 53.5 Å². The summed E-state index contributed by atoms with van der Waals surface area (Å²) in [5.74, 6) is 1.25. The summed E-state index contributed by atoms with van der Waals surface area (Å²) in [6.45, 7) is 5.53. The number of para-hydroxylation sites is 1. The van der Waals surface area contributed by atoms with Gasteiger partial charge in [0.2, 0.25) is 0 Å². The molecule has 1 atom stereocenters. The summed E-state index contributed by atoms with van der Waals surface area (Å²) in [4.78, 5) is 14.8. The zero-order chi connectivity index (χ0) is 16.5. The fourth-order valence-electron chi connectivity index (χ4n) is 3.52. The van der Waals surface area contributed by atoms with Crippen LogP contribution in [0.5, 0.6) is 0 Å². The first-order chi connectivity index (χ1) is 11.7. The Kier molecular flexibility index (Phi) is 4.02. The Morgan fingerprint density at radius 1 is 1.33 bits per heavy atom. The highest BCUT2D eigenvalue weighted by Crippen LogP contribution is 2.33. The van der Waals surface area contributed by atoms with Crippen LogP contribution in [0.4, 0.5) is 5.69 Å². The molecule has 1 amide bonds. The fraction of sp³-hybridized carbons (Fsp3) is 0.421. The van der Waals surface area contributed by atoms with Gasteiger partial charge in [-0.15, -0.1) is 0 Å². The summed E-state index contributed by atoms with van der Waals surface area (Å²) in [6.07, 6.45) is 2.65. The number of fused-ring (bicyclic) bond motifs is 1. The van der Waals surface area contributed by atoms with E-state index in [4.69, 9.17) is 4.42 Å². The molecule has 4 rings (SSSR count). The van der Waals surface area contributed by atoms with E-state index in [-0.39, 0.29) is 5.91 Å². The first-order valence-corrected chi connectivity index (χ1v) is 8.62. The van der Waals surface area contributed by atoms with Gasteiger partial charge in [-0.2, -0.15) is 0 Å². The largest absolute Gasteiger partial charge is 0.467 e. The second-order valence-corrected chi connectivity index (χ2v) is 6.80. The lowest BCUT2D eigenvalue weighted by Crippen LogP contribution is -2.48. The highest BCUT2D eigenvalue weighted by molar-refractivity contribution is 5.95. The number of hydrogen-bond acceptors (Lipinski definition) is 4. The topological polar surface area (TPSA) is 57.5 Å². The quantitative estimate of drug-likeness (QED) is 0.885. The summed E-state index contributed by atoms with van der Waals surface area (Å²) in [5.41, 5.74) is 3.26. The van der Waals surface area contributed by atoms with Crippen LogP contribution in [0.3, 0.4) is 0 Å². The number of carbonyl (C=O) groups excluding carboxylic acids is 1. The Morgan fingerprint density at radius 2 is 2.17 bits per heavy atom. The molecule has 1 aromatic heterocycles. The molecule has 2 aromatic rings. The molecule has 1 fully saturated rings. The van der Waals surface area contributed by atoms with Crippen LogP contribution < -0.4 is 15.5 Å². The Hall–Kier alpha value is -2.27. The molecule has 2 N–H and O–H groups in total. The van der Waals surface area contributed by atoms with E-state index >= 15 is 0 Å². The number of rotatable bonds is 5. The van der Waals surface area contributed by atoms with E-state index in [0.717, 1.165) is 31.8 Å². The van der Waals surface area contributed by atoms with E-state index in [1.54, 1.807) is 12.3 Å². The Morgan fingerprint density at radius 3 is 2.96 bits per heavy atom. The predicted octanol–water partition coefficient (Wildman–Crippen LogP) is 2.18. The van der Waals surface area contributed by atoms with Crippen LogP contribution in [0.15, 0.2) is 41.0 Å². The van der Waals surface area contributed by atoms with Gasteiger partial charge in [0.1, 0.15) is 5.76 Å². The third kappa shape index (κ3) is 2.80. The van der Waals surface area contributed by atoms with Crippen molar-refractivity contribution in [2.75, 3.05) is 24.5 Å². The molecule has 0 bridgehead atoms. The van der Waals surface area contributed by atoms with Crippen molar-refractivity contribution in [2.24, 2.45) is 5.92 Å². The maximum Gasteiger partial charge on any atom is 0.254 e. The van der Waals surface area contributed by atoms with E-state index in [1.807, 2.05) is 0 Å². The number of carbonyl (C=O) groups is 1. The van der Waals surface area contributed by atoms with Gasteiger partial charge in [-0.25, -0.2) is 0 Å². The van der Waals surface area contributed by atoms with Crippen LogP contribution >= 0.6 is 0 Å². The van der Waals surface area contributed by atoms with Crippen LogP contribution in [-0.2, 0) is 13.0 Å². The Bertz CT molecular complexity index is 736. The van der Waals surface area contributed by atoms with Crippen LogP contribution in [0.1, 0.15) is 28.6 Å². The third-order valence-corrected chi connectivity index (χ3v) is 5.07. The smallest absolute Gasteiger partial charge is 0.254 e. The molecule has 2 aliphatic heterocycles. The lowest BCUT2D eigenvalue weighted by Gasteiger charge is -2.27. The highest BCUT2D eigenvalue weighted by atomic mass is 16.3. The molecule has 5 nitrogen and oxygen atoms in total. The predicted molar refractivity (Wildman–Crippen MR) is 93.2 cm³/mol. The maximum absolute atomic E-state index is 12.5. The zero-order valence-electron chi connectivity index (χ0n) is 13.9. The van der Waals surface area contributed by atoms with Gasteiger partial charge in [0.05, 0.1) is 18.4 Å². The molecule has 3 heterocycles. The average Bonchev–Trinajstić information content (AvgIpc) is 3.11. The van der Waals surface area contributed by atoms with Crippen LogP contribution in [0.2, 0.25) is 0 Å². The van der Waals surface area contributed by atoms with E-state index in [9.17, 15) is 4.79 Å². The summed E-state index contributed by atoms with van der Waals surface area (Å²) < 4.78 is 5.64. The van der Waals surface area contributed by atoms with Gasteiger partial charge in [-0.05, 0) is 31.0 Å². The minimum atomic E-state index is -0.0363. The molecule has 5 heteroatoms. The van der Waals surface area contributed by atoms with E-state index in [2.05, 4.69) is 46.7 Å². The molecule has 2 aliphatic rings. The van der Waals surface area contributed by atoms with Gasteiger partial charge in [-0.1, -0.05) is 18.2 Å². The Balaban J connectivity index is 1.47. The van der Waals surface area contributed by atoms with Gasteiger partial charge in [-0.3, -0.25) is 4.79 Å². The first kappa shape index (κ1) is 15.3. The minimum absolute atomic E-state index is 0.0363. The molecule has 24 heavy (non-hydrogen) atoms. The monoisotopic (exact) mass is 325 g/mol. The molecule has 0 radical (unpaired) electrons. The van der Waals surface area contributed by atoms with E-state index in [1.165, 1.54) is 11.3 Å². The molecule has 1 aromatic carbocycles. The van der Waals surface area contributed by atoms with Crippen LogP contribution in [-0.4, -0.2) is 31.6 Å². The van der Waals surface area contributed by atoms with Gasteiger partial charge in [0.25, 0.3) is 5.91 Å². The summed E-state index contributed by atoms with van der Waals surface area (Å²) >= 11 is 0. The first-order valence-electron chi connectivity index (χ1n) is 8.62. The van der Waals surface area contributed by atoms with Crippen LogP contribution in [0.25, 0.3) is 0 Å². The van der Waals surface area contributed by atoms with Crippen molar-refractivity contribution in [2.45, 2.75) is 25.9 Å². The molecule has 0 spiro atoms. The number of hydrogen-bond donors (Lipinski definition) is 2. The van der Waals surface area contributed by atoms with Crippen molar-refractivity contribution in [1.29, 1.82) is 0 Å². The number of anilines is 1. The minimum Gasteiger partial charge on any atom is -0.467 e. The average molecular weight is 325 g/mol. The number of nitrogens with zero attached hydrogens (tertiary/aromatic N) is 1. The van der Waals surface area contributed by atoms with Gasteiger partial charge >= 0.3 is 0 Å². The standard InChI is InChI=1S/C19H23N3O2/c1-13-8-15-4-2-3-5-17(15)22(13)12-18-16(6-7-24-18)19(23)21-11-14-9-20-10-14/h2-7,13-14,20H,8-12H2,1H3,(H,21,23). The number of amides is 1. The van der Waals surface area contributed by atoms with Crippen molar-refractivity contribution in [3.8, 4) is 0 Å². The number of benzene rings is 1. The zero-order valence-corrected chi connectivity index (χ0v) is 13.9. The third-order valence-electron chi connectivity index (χ3n) is 5.07. The van der Waals surface area contributed by atoms with E-state index in [0.29, 0.717) is 24.1 Å². The van der Waals surface area contributed by atoms with Crippen LogP contribution in [0, 0.1) is 5.92 Å². The molecule has 0 saturated carbocycles. The summed E-state index contributed by atoms with van der Waals surface area (Å²) in [7, 11) is 0. The lowest BCUT2D eigenvalue weighted by molar-refractivity contribution is 0.0940. The number of nitrogens with one attached hydrogen (secondary N) is 2. The fourth-order valence-corrected chi connectivity index (χ4v) is 3.52.